The van der Waals surface area contributed by atoms with Crippen LogP contribution in [0.4, 0.5) is 10.1 Å². The highest BCUT2D eigenvalue weighted by Crippen LogP contribution is 2.26. The first-order chi connectivity index (χ1) is 11.7. The maximum atomic E-state index is 13.3. The summed E-state index contributed by atoms with van der Waals surface area (Å²) in [6.07, 6.45) is -1.02. The third-order valence-corrected chi connectivity index (χ3v) is 4.76. The number of benzene rings is 1. The predicted molar refractivity (Wildman–Crippen MR) is 92.5 cm³/mol. The number of nitrogens with one attached hydrogen (secondary N) is 1. The zero-order valence-corrected chi connectivity index (χ0v) is 15.7. The van der Waals surface area contributed by atoms with Crippen molar-refractivity contribution in [3.8, 4) is 0 Å². The molecule has 8 nitrogen and oxygen atoms in total. The van der Waals surface area contributed by atoms with E-state index in [0.717, 1.165) is 11.8 Å². The quantitative estimate of drug-likeness (QED) is 0.236. The third kappa shape index (κ3) is 5.22. The normalized spacial score (nSPS) is 13.8. The van der Waals surface area contributed by atoms with Gasteiger partial charge < -0.3 is 10.2 Å². The number of rotatable bonds is 6. The van der Waals surface area contributed by atoms with Crippen molar-refractivity contribution < 1.29 is 24.4 Å². The fourth-order valence-corrected chi connectivity index (χ4v) is 3.04. The molecule has 0 aliphatic rings. The summed E-state index contributed by atoms with van der Waals surface area (Å²) in [5.74, 6) is -0.400. The summed E-state index contributed by atoms with van der Waals surface area (Å²) in [6.45, 7) is 2.96. The van der Waals surface area contributed by atoms with E-state index in [9.17, 15) is 19.8 Å². The van der Waals surface area contributed by atoms with Gasteiger partial charge in [0.2, 0.25) is 0 Å². The van der Waals surface area contributed by atoms with Gasteiger partial charge in [0.05, 0.1) is 21.9 Å². The standard InChI is InChI=1S/C14H16BrFN4O4S/c1-14(2,22)10(21)6-25-13-11(19-24-20-13)12(18-23)17-7-3-4-9(16)8(15)5-7/h3-5,10,21-23H,6H2,1-2H3,(H,17,18)/t10-/m1/s1. The van der Waals surface area contributed by atoms with E-state index in [1.807, 2.05) is 5.48 Å². The van der Waals surface area contributed by atoms with Crippen LogP contribution in [0.2, 0.25) is 0 Å². The van der Waals surface area contributed by atoms with Crippen LogP contribution in [0.15, 0.2) is 37.3 Å². The fraction of sp³-hybridized carbons (Fsp3) is 0.357. The number of aliphatic hydroxyl groups excluding tert-OH is 1. The summed E-state index contributed by atoms with van der Waals surface area (Å²) in [6, 6.07) is 4.05. The van der Waals surface area contributed by atoms with E-state index < -0.39 is 17.5 Å². The number of thioether (sulfide) groups is 1. The monoisotopic (exact) mass is 434 g/mol. The van der Waals surface area contributed by atoms with Gasteiger partial charge in [-0.25, -0.2) is 14.0 Å². The number of halogens is 2. The summed E-state index contributed by atoms with van der Waals surface area (Å²) in [5, 5.41) is 36.6. The number of hydroxylamine groups is 1. The summed E-state index contributed by atoms with van der Waals surface area (Å²) >= 11 is 4.12. The lowest BCUT2D eigenvalue weighted by Crippen LogP contribution is -2.37. The zero-order valence-electron chi connectivity index (χ0n) is 13.3. The summed E-state index contributed by atoms with van der Waals surface area (Å²) < 4.78 is 18.2. The van der Waals surface area contributed by atoms with Crippen LogP contribution in [-0.2, 0) is 0 Å². The Balaban J connectivity index is 2.23. The Bertz CT molecular complexity index is 766. The molecule has 0 spiro atoms. The van der Waals surface area contributed by atoms with Crippen molar-refractivity contribution in [1.29, 1.82) is 0 Å². The SMILES string of the molecule is CC(C)(O)[C@H](O)CSc1nonc1C(=Nc1ccc(F)c(Br)c1)NO. The second-order valence-corrected chi connectivity index (χ2v) is 7.43. The molecular formula is C14H16BrFN4O4S. The predicted octanol–water partition coefficient (Wildman–Crippen LogP) is 2.25. The van der Waals surface area contributed by atoms with E-state index in [-0.39, 0.29) is 26.8 Å². The van der Waals surface area contributed by atoms with Gasteiger partial charge in [-0.05, 0) is 58.3 Å². The molecule has 11 heteroatoms. The lowest BCUT2D eigenvalue weighted by Gasteiger charge is -2.23. The van der Waals surface area contributed by atoms with Crippen LogP contribution in [0.1, 0.15) is 19.5 Å². The van der Waals surface area contributed by atoms with E-state index >= 15 is 0 Å². The smallest absolute Gasteiger partial charge is 0.186 e. The summed E-state index contributed by atoms with van der Waals surface area (Å²) in [4.78, 5) is 4.13. The van der Waals surface area contributed by atoms with Gasteiger partial charge in [-0.1, -0.05) is 11.8 Å². The molecule has 0 fully saturated rings. The molecule has 4 N–H and O–H groups in total. The second kappa shape index (κ2) is 8.23. The van der Waals surface area contributed by atoms with Gasteiger partial charge >= 0.3 is 0 Å². The number of aliphatic imine (C=N–C) groups is 1. The number of hydrogen-bond acceptors (Lipinski definition) is 8. The van der Waals surface area contributed by atoms with Crippen LogP contribution < -0.4 is 5.48 Å². The summed E-state index contributed by atoms with van der Waals surface area (Å²) in [7, 11) is 0. The minimum Gasteiger partial charge on any atom is -0.389 e. The Kier molecular flexibility index (Phi) is 6.52. The average molecular weight is 435 g/mol. The number of hydrogen-bond donors (Lipinski definition) is 4. The van der Waals surface area contributed by atoms with Crippen LogP contribution in [0.3, 0.4) is 0 Å². The first-order valence-corrected chi connectivity index (χ1v) is 8.80. The fourth-order valence-electron chi connectivity index (χ4n) is 1.60. The highest BCUT2D eigenvalue weighted by molar-refractivity contribution is 9.10. The van der Waals surface area contributed by atoms with Crippen molar-refractivity contribution in [2.24, 2.45) is 4.99 Å². The van der Waals surface area contributed by atoms with Crippen LogP contribution in [0, 0.1) is 5.82 Å². The van der Waals surface area contributed by atoms with Gasteiger partial charge in [0, 0.05) is 5.75 Å². The third-order valence-electron chi connectivity index (χ3n) is 3.13. The Labute approximate surface area is 155 Å². The van der Waals surface area contributed by atoms with Gasteiger partial charge in [-0.15, -0.1) is 0 Å². The molecule has 1 heterocycles. The number of nitrogens with zero attached hydrogens (tertiary/aromatic N) is 3. The van der Waals surface area contributed by atoms with Crippen LogP contribution in [0.25, 0.3) is 0 Å². The van der Waals surface area contributed by atoms with Crippen molar-refractivity contribution in [3.05, 3.63) is 34.2 Å². The minimum absolute atomic E-state index is 0.0694. The lowest BCUT2D eigenvalue weighted by molar-refractivity contribution is -0.0350. The van der Waals surface area contributed by atoms with Gasteiger partial charge in [0.1, 0.15) is 5.82 Å². The Morgan fingerprint density at radius 3 is 2.80 bits per heavy atom. The Morgan fingerprint density at radius 1 is 1.48 bits per heavy atom. The highest BCUT2D eigenvalue weighted by atomic mass is 79.9. The number of aliphatic hydroxyl groups is 2. The summed E-state index contributed by atoms with van der Waals surface area (Å²) in [5.41, 5.74) is 1.07. The van der Waals surface area contributed by atoms with Crippen LogP contribution >= 0.6 is 27.7 Å². The molecule has 1 aromatic carbocycles. The van der Waals surface area contributed by atoms with E-state index in [2.05, 4.69) is 35.9 Å². The van der Waals surface area contributed by atoms with Crippen molar-refractivity contribution in [2.45, 2.75) is 30.6 Å². The van der Waals surface area contributed by atoms with Crippen molar-refractivity contribution >= 4 is 39.2 Å². The maximum absolute atomic E-state index is 13.3. The van der Waals surface area contributed by atoms with Crippen LogP contribution in [-0.4, -0.2) is 49.0 Å². The molecule has 0 saturated carbocycles. The molecule has 0 aliphatic heterocycles. The van der Waals surface area contributed by atoms with Crippen molar-refractivity contribution in [2.75, 3.05) is 5.75 Å². The van der Waals surface area contributed by atoms with Crippen LogP contribution in [0.5, 0.6) is 0 Å². The molecule has 0 amide bonds. The van der Waals surface area contributed by atoms with Gasteiger partial charge in [-0.2, -0.15) is 0 Å². The minimum atomic E-state index is -1.28. The van der Waals surface area contributed by atoms with E-state index in [1.165, 1.54) is 32.0 Å². The highest BCUT2D eigenvalue weighted by Gasteiger charge is 2.26. The molecule has 2 rings (SSSR count). The molecule has 0 radical (unpaired) electrons. The molecular weight excluding hydrogens is 419 g/mol. The Hall–Kier alpha value is -1.53. The molecule has 136 valence electrons. The van der Waals surface area contributed by atoms with E-state index in [0.29, 0.717) is 5.69 Å². The molecule has 0 bridgehead atoms. The molecule has 25 heavy (non-hydrogen) atoms. The zero-order chi connectivity index (χ0) is 18.6. The lowest BCUT2D eigenvalue weighted by atomic mass is 10.0. The largest absolute Gasteiger partial charge is 0.389 e. The van der Waals surface area contributed by atoms with Gasteiger partial charge in [0.15, 0.2) is 16.6 Å². The molecule has 1 aromatic heterocycles. The topological polar surface area (TPSA) is 124 Å². The number of aromatic nitrogens is 2. The van der Waals surface area contributed by atoms with Crippen molar-refractivity contribution in [1.82, 2.24) is 15.8 Å². The van der Waals surface area contributed by atoms with Gasteiger partial charge in [-0.3, -0.25) is 10.7 Å². The molecule has 2 aromatic rings. The maximum Gasteiger partial charge on any atom is 0.186 e. The second-order valence-electron chi connectivity index (χ2n) is 5.57. The number of amidine groups is 1. The van der Waals surface area contributed by atoms with E-state index in [1.54, 1.807) is 0 Å². The first kappa shape index (κ1) is 19.8. The van der Waals surface area contributed by atoms with E-state index in [4.69, 9.17) is 0 Å². The molecule has 0 saturated heterocycles. The molecule has 0 aliphatic carbocycles. The average Bonchev–Trinajstić information content (AvgIpc) is 3.01. The molecule has 0 unspecified atom stereocenters. The Morgan fingerprint density at radius 2 is 2.20 bits per heavy atom. The van der Waals surface area contributed by atoms with Crippen molar-refractivity contribution in [3.63, 3.8) is 0 Å². The van der Waals surface area contributed by atoms with Gasteiger partial charge in [0.25, 0.3) is 0 Å². The first-order valence-electron chi connectivity index (χ1n) is 7.02. The molecule has 1 atom stereocenters.